The zero-order valence-corrected chi connectivity index (χ0v) is 56.4. The van der Waals surface area contributed by atoms with Crippen molar-refractivity contribution >= 4 is 39.5 Å². The van der Waals surface area contributed by atoms with Crippen LogP contribution >= 0.6 is 15.6 Å². The van der Waals surface area contributed by atoms with Gasteiger partial charge >= 0.3 is 39.5 Å². The van der Waals surface area contributed by atoms with Crippen molar-refractivity contribution in [3.05, 3.63) is 0 Å². The Morgan fingerprint density at radius 3 is 0.694 bits per heavy atom. The molecular formula is C66H128O17P2. The van der Waals surface area contributed by atoms with Gasteiger partial charge in [-0.05, 0) is 25.7 Å². The van der Waals surface area contributed by atoms with Crippen LogP contribution in [0.1, 0.15) is 342 Å². The van der Waals surface area contributed by atoms with Crippen LogP contribution in [0.5, 0.6) is 0 Å². The molecule has 5 atom stereocenters. The average molecular weight is 1260 g/mol. The molecule has 85 heavy (non-hydrogen) atoms. The minimum Gasteiger partial charge on any atom is -0.462 e. The fourth-order valence-corrected chi connectivity index (χ4v) is 11.6. The molecule has 19 heteroatoms. The van der Waals surface area contributed by atoms with Gasteiger partial charge in [0, 0.05) is 25.7 Å². The van der Waals surface area contributed by atoms with Crippen LogP contribution in [0.2, 0.25) is 0 Å². The van der Waals surface area contributed by atoms with Crippen LogP contribution in [0.25, 0.3) is 0 Å². The fourth-order valence-electron chi connectivity index (χ4n) is 9.99. The molecule has 0 aromatic heterocycles. The van der Waals surface area contributed by atoms with Gasteiger partial charge in [0.15, 0.2) is 12.2 Å². The quantitative estimate of drug-likeness (QED) is 0.0222. The summed E-state index contributed by atoms with van der Waals surface area (Å²) in [7, 11) is -9.87. The molecule has 0 aliphatic carbocycles. The Morgan fingerprint density at radius 1 is 0.282 bits per heavy atom. The van der Waals surface area contributed by atoms with Gasteiger partial charge in [-0.3, -0.25) is 37.3 Å². The number of phosphoric acid groups is 2. The van der Waals surface area contributed by atoms with E-state index in [1.165, 1.54) is 161 Å². The minimum atomic E-state index is -4.94. The molecule has 0 heterocycles. The third kappa shape index (κ3) is 60.7. The maximum Gasteiger partial charge on any atom is 0.472 e. The second kappa shape index (κ2) is 60.9. The molecular weight excluding hydrogens is 1130 g/mol. The molecule has 504 valence electrons. The van der Waals surface area contributed by atoms with E-state index in [1.807, 2.05) is 0 Å². The molecule has 0 saturated carbocycles. The van der Waals surface area contributed by atoms with Crippen molar-refractivity contribution < 1.29 is 80.2 Å². The lowest BCUT2D eigenvalue weighted by Gasteiger charge is -2.21. The minimum absolute atomic E-state index is 0.104. The monoisotopic (exact) mass is 1250 g/mol. The lowest BCUT2D eigenvalue weighted by Crippen LogP contribution is -2.30. The van der Waals surface area contributed by atoms with E-state index in [4.69, 9.17) is 37.0 Å². The molecule has 0 aromatic carbocycles. The molecule has 0 rings (SSSR count). The van der Waals surface area contributed by atoms with Gasteiger partial charge in [0.1, 0.15) is 19.3 Å². The van der Waals surface area contributed by atoms with Gasteiger partial charge in [-0.25, -0.2) is 9.13 Å². The number of hydrogen-bond acceptors (Lipinski definition) is 15. The van der Waals surface area contributed by atoms with E-state index in [0.717, 1.165) is 103 Å². The van der Waals surface area contributed by atoms with Crippen LogP contribution in [0.15, 0.2) is 0 Å². The number of rotatable bonds is 67. The van der Waals surface area contributed by atoms with Crippen molar-refractivity contribution in [3.63, 3.8) is 0 Å². The first-order valence-corrected chi connectivity index (χ1v) is 37.8. The SMILES string of the molecule is CCCCCCCCCCCCCCCCCCCCCCC(=O)O[C@H](COC(=O)CCCCCCCCCCCCCC)COP(=O)(O)OC[C@@H](O)COP(=O)(O)OC[C@@H](COC(=O)CCCCCCC)OC(=O)CCCCCCCCCC. The van der Waals surface area contributed by atoms with E-state index in [0.29, 0.717) is 25.7 Å². The van der Waals surface area contributed by atoms with Crippen molar-refractivity contribution in [2.75, 3.05) is 39.6 Å². The highest BCUT2D eigenvalue weighted by molar-refractivity contribution is 7.47. The summed E-state index contributed by atoms with van der Waals surface area (Å²) in [5.41, 5.74) is 0. The standard InChI is InChI=1S/C66H128O17P2/c1-5-9-13-17-20-23-25-27-28-29-30-31-32-33-34-36-38-41-45-49-53-66(71)83-62(57-77-64(69)51-47-43-40-37-35-26-24-21-18-14-10-6-2)59-81-85(74,75)79-55-60(67)54-78-84(72,73)80-58-61(56-76-63(68)50-46-42-16-12-8-4)82-65(70)52-48-44-39-22-19-15-11-7-3/h60-62,67H,5-59H2,1-4H3,(H,72,73)(H,74,75)/t60-,61+,62+/m0/s1. The Labute approximate surface area is 517 Å². The zero-order valence-electron chi connectivity index (χ0n) is 54.6. The topological polar surface area (TPSA) is 237 Å². The lowest BCUT2D eigenvalue weighted by molar-refractivity contribution is -0.161. The average Bonchev–Trinajstić information content (AvgIpc) is 3.51. The van der Waals surface area contributed by atoms with Crippen LogP contribution in [0.4, 0.5) is 0 Å². The molecule has 0 aromatic rings. The molecule has 0 aliphatic rings. The van der Waals surface area contributed by atoms with Crippen molar-refractivity contribution in [2.24, 2.45) is 0 Å². The number of ether oxygens (including phenoxy) is 4. The number of aliphatic hydroxyl groups is 1. The van der Waals surface area contributed by atoms with Gasteiger partial charge in [0.2, 0.25) is 0 Å². The summed E-state index contributed by atoms with van der Waals surface area (Å²) in [6.45, 7) is 4.79. The number of carbonyl (C=O) groups excluding carboxylic acids is 4. The zero-order chi connectivity index (χ0) is 62.6. The molecule has 0 saturated heterocycles. The molecule has 0 spiro atoms. The summed E-state index contributed by atoms with van der Waals surface area (Å²) in [5, 5.41) is 10.5. The highest BCUT2D eigenvalue weighted by Crippen LogP contribution is 2.45. The Morgan fingerprint density at radius 2 is 0.471 bits per heavy atom. The van der Waals surface area contributed by atoms with Crippen LogP contribution in [-0.4, -0.2) is 96.7 Å². The van der Waals surface area contributed by atoms with Gasteiger partial charge < -0.3 is 33.8 Å². The molecule has 0 amide bonds. The normalized spacial score (nSPS) is 14.1. The number of unbranched alkanes of at least 4 members (excludes halogenated alkanes) is 41. The summed E-state index contributed by atoms with van der Waals surface area (Å²) in [4.78, 5) is 71.9. The van der Waals surface area contributed by atoms with Crippen LogP contribution in [0.3, 0.4) is 0 Å². The summed E-state index contributed by atoms with van der Waals surface area (Å²) in [6, 6.07) is 0. The smallest absolute Gasteiger partial charge is 0.462 e. The maximum atomic E-state index is 13.0. The fraction of sp³-hybridized carbons (Fsp3) is 0.939. The van der Waals surface area contributed by atoms with Crippen LogP contribution in [-0.2, 0) is 65.4 Å². The third-order valence-corrected chi connectivity index (χ3v) is 17.3. The summed E-state index contributed by atoms with van der Waals surface area (Å²) in [6.07, 6.45) is 47.8. The molecule has 0 fully saturated rings. The van der Waals surface area contributed by atoms with Gasteiger partial charge in [-0.15, -0.1) is 0 Å². The highest BCUT2D eigenvalue weighted by Gasteiger charge is 2.30. The number of hydrogen-bond donors (Lipinski definition) is 3. The van der Waals surface area contributed by atoms with E-state index in [9.17, 15) is 43.2 Å². The van der Waals surface area contributed by atoms with E-state index in [2.05, 4.69) is 27.7 Å². The van der Waals surface area contributed by atoms with Gasteiger partial charge in [0.25, 0.3) is 0 Å². The lowest BCUT2D eigenvalue weighted by atomic mass is 10.0. The summed E-state index contributed by atoms with van der Waals surface area (Å²) >= 11 is 0. The molecule has 3 N–H and O–H groups in total. The van der Waals surface area contributed by atoms with E-state index in [1.54, 1.807) is 0 Å². The van der Waals surface area contributed by atoms with Crippen molar-refractivity contribution in [1.29, 1.82) is 0 Å². The summed E-state index contributed by atoms with van der Waals surface area (Å²) in [5.74, 6) is -2.14. The first kappa shape index (κ1) is 83.1. The predicted molar refractivity (Wildman–Crippen MR) is 340 cm³/mol. The molecule has 0 aliphatic heterocycles. The van der Waals surface area contributed by atoms with Crippen molar-refractivity contribution in [3.8, 4) is 0 Å². The molecule has 0 radical (unpaired) electrons. The largest absolute Gasteiger partial charge is 0.472 e. The Kier molecular flexibility index (Phi) is 59.6. The Balaban J connectivity index is 5.09. The summed E-state index contributed by atoms with van der Waals surface area (Å²) < 4.78 is 67.8. The predicted octanol–water partition coefficient (Wildman–Crippen LogP) is 18.7. The van der Waals surface area contributed by atoms with Gasteiger partial charge in [-0.2, -0.15) is 0 Å². The maximum absolute atomic E-state index is 13.0. The number of esters is 4. The van der Waals surface area contributed by atoms with Crippen LogP contribution < -0.4 is 0 Å². The van der Waals surface area contributed by atoms with E-state index in [-0.39, 0.29) is 25.7 Å². The molecule has 17 nitrogen and oxygen atoms in total. The third-order valence-electron chi connectivity index (χ3n) is 15.4. The second-order valence-corrected chi connectivity index (χ2v) is 26.8. The first-order valence-electron chi connectivity index (χ1n) is 34.8. The van der Waals surface area contributed by atoms with Crippen molar-refractivity contribution in [1.82, 2.24) is 0 Å². The van der Waals surface area contributed by atoms with Crippen molar-refractivity contribution in [2.45, 2.75) is 361 Å². The highest BCUT2D eigenvalue weighted by atomic mass is 31.2. The van der Waals surface area contributed by atoms with E-state index < -0.39 is 97.5 Å². The Hall–Kier alpha value is -1.94. The number of carbonyl (C=O) groups is 4. The number of aliphatic hydroxyl groups excluding tert-OH is 1. The number of phosphoric ester groups is 2. The van der Waals surface area contributed by atoms with Crippen LogP contribution in [0, 0.1) is 0 Å². The van der Waals surface area contributed by atoms with E-state index >= 15 is 0 Å². The molecule has 2 unspecified atom stereocenters. The molecule has 0 bridgehead atoms. The van der Waals surface area contributed by atoms with Gasteiger partial charge in [-0.1, -0.05) is 291 Å². The van der Waals surface area contributed by atoms with Gasteiger partial charge in [0.05, 0.1) is 26.4 Å². The second-order valence-electron chi connectivity index (χ2n) is 23.9. The Bertz CT molecular complexity index is 1640. The first-order chi connectivity index (χ1) is 41.2.